The van der Waals surface area contributed by atoms with Crippen LogP contribution in [0.15, 0.2) is 12.2 Å². The van der Waals surface area contributed by atoms with Crippen LogP contribution in [0.3, 0.4) is 0 Å². The Labute approximate surface area is 200 Å². The molecular weight excluding hydrogens is 412 g/mol. The predicted octanol–water partition coefficient (Wildman–Crippen LogP) is 5.50. The minimum Gasteiger partial charge on any atom is -0.393 e. The van der Waals surface area contributed by atoms with Crippen molar-refractivity contribution in [1.82, 2.24) is 0 Å². The first kappa shape index (κ1) is 25.1. The highest BCUT2D eigenvalue weighted by Gasteiger charge is 2.71. The van der Waals surface area contributed by atoms with E-state index < -0.39 is 17.1 Å². The average Bonchev–Trinajstić information content (AvgIpc) is 3.03. The molecule has 0 saturated heterocycles. The number of allylic oxidation sites excluding steroid dienone is 1. The van der Waals surface area contributed by atoms with Crippen molar-refractivity contribution in [3.8, 4) is 0 Å². The van der Waals surface area contributed by atoms with Gasteiger partial charge in [0, 0.05) is 24.2 Å². The smallest absolute Gasteiger partial charge is 0.138 e. The van der Waals surface area contributed by atoms with Gasteiger partial charge in [0.2, 0.25) is 0 Å². The molecule has 4 heteroatoms. The Hall–Kier alpha value is -1.00. The van der Waals surface area contributed by atoms with Crippen LogP contribution in [-0.4, -0.2) is 33.5 Å². The van der Waals surface area contributed by atoms with Gasteiger partial charge in [-0.25, -0.2) is 0 Å². The first-order valence-corrected chi connectivity index (χ1v) is 13.2. The Balaban J connectivity index is 1.68. The molecule has 186 valence electrons. The van der Waals surface area contributed by atoms with Gasteiger partial charge in [0.15, 0.2) is 0 Å². The van der Waals surface area contributed by atoms with E-state index in [1.807, 2.05) is 19.1 Å². The minimum absolute atomic E-state index is 0.0132. The Bertz CT molecular complexity index is 856. The summed E-state index contributed by atoms with van der Waals surface area (Å²) in [4.78, 5) is 24.3. The highest BCUT2D eigenvalue weighted by Crippen LogP contribution is 2.75. The molecule has 0 aliphatic heterocycles. The lowest BCUT2D eigenvalue weighted by Crippen LogP contribution is -2.67. The monoisotopic (exact) mass is 458 g/mol. The molecule has 4 aliphatic rings. The first-order chi connectivity index (χ1) is 15.1. The molecule has 2 N–H and O–H groups in total. The second-order valence-corrected chi connectivity index (χ2v) is 13.7. The van der Waals surface area contributed by atoms with Gasteiger partial charge >= 0.3 is 0 Å². The zero-order valence-corrected chi connectivity index (χ0v) is 21.9. The van der Waals surface area contributed by atoms with Crippen LogP contribution in [-0.2, 0) is 9.59 Å². The molecule has 4 rings (SSSR count). The Kier molecular flexibility index (Phi) is 5.90. The molecular formula is C29H46O4. The van der Waals surface area contributed by atoms with Crippen LogP contribution in [0.5, 0.6) is 0 Å². The topological polar surface area (TPSA) is 74.6 Å². The van der Waals surface area contributed by atoms with Crippen molar-refractivity contribution in [1.29, 1.82) is 0 Å². The number of rotatable bonds is 4. The second-order valence-electron chi connectivity index (χ2n) is 13.7. The van der Waals surface area contributed by atoms with Gasteiger partial charge < -0.3 is 10.2 Å². The minimum atomic E-state index is -0.931. The van der Waals surface area contributed by atoms with E-state index in [4.69, 9.17) is 0 Å². The third-order valence-corrected chi connectivity index (χ3v) is 11.6. The Morgan fingerprint density at radius 2 is 1.76 bits per heavy atom. The molecule has 0 aromatic rings. The summed E-state index contributed by atoms with van der Waals surface area (Å²) in [6.45, 7) is 14.8. The van der Waals surface area contributed by atoms with E-state index >= 15 is 0 Å². The Morgan fingerprint density at radius 3 is 2.39 bits per heavy atom. The fourth-order valence-corrected chi connectivity index (χ4v) is 10.0. The number of hydrogen-bond acceptors (Lipinski definition) is 4. The van der Waals surface area contributed by atoms with Gasteiger partial charge in [0.05, 0.1) is 11.7 Å². The lowest BCUT2D eigenvalue weighted by atomic mass is 9.35. The quantitative estimate of drug-likeness (QED) is 0.546. The van der Waals surface area contributed by atoms with Crippen molar-refractivity contribution in [2.75, 3.05) is 0 Å². The average molecular weight is 459 g/mol. The van der Waals surface area contributed by atoms with E-state index in [-0.39, 0.29) is 33.9 Å². The molecule has 9 atom stereocenters. The van der Waals surface area contributed by atoms with E-state index in [9.17, 15) is 19.8 Å². The van der Waals surface area contributed by atoms with Gasteiger partial charge in [-0.1, -0.05) is 46.8 Å². The highest BCUT2D eigenvalue weighted by atomic mass is 16.3. The summed E-state index contributed by atoms with van der Waals surface area (Å²) < 4.78 is 0. The van der Waals surface area contributed by atoms with Gasteiger partial charge in [-0.05, 0) is 86.4 Å². The third-order valence-electron chi connectivity index (χ3n) is 11.6. The number of fused-ring (bicyclic) bond motifs is 5. The zero-order valence-electron chi connectivity index (χ0n) is 21.9. The molecule has 0 heterocycles. The SMILES string of the molecule is CC(=O)C/C=C/[C@](C)(O)[C@H]1CC[C@]2(C)C1CCC1[C@@]3(C)CCC(=O)C(C)(C)[C@@H]3[C@@H](O)C[C@]12C. The zero-order chi connectivity index (χ0) is 24.6. The van der Waals surface area contributed by atoms with Crippen LogP contribution >= 0.6 is 0 Å². The van der Waals surface area contributed by atoms with Crippen molar-refractivity contribution in [2.24, 2.45) is 45.3 Å². The van der Waals surface area contributed by atoms with Gasteiger partial charge in [-0.15, -0.1) is 0 Å². The number of hydrogen-bond donors (Lipinski definition) is 2. The Morgan fingerprint density at radius 1 is 1.09 bits per heavy atom. The maximum absolute atomic E-state index is 12.9. The predicted molar refractivity (Wildman–Crippen MR) is 130 cm³/mol. The summed E-state index contributed by atoms with van der Waals surface area (Å²) in [6.07, 6.45) is 10.1. The maximum atomic E-state index is 12.9. The van der Waals surface area contributed by atoms with E-state index in [1.54, 1.807) is 6.92 Å². The van der Waals surface area contributed by atoms with Crippen molar-refractivity contribution in [2.45, 2.75) is 112 Å². The molecule has 4 saturated carbocycles. The number of ketones is 2. The second kappa shape index (κ2) is 7.75. The molecule has 4 nitrogen and oxygen atoms in total. The lowest BCUT2D eigenvalue weighted by Gasteiger charge is -2.70. The van der Waals surface area contributed by atoms with Crippen LogP contribution in [0.1, 0.15) is 99.8 Å². The lowest BCUT2D eigenvalue weighted by molar-refractivity contribution is -0.238. The van der Waals surface area contributed by atoms with Crippen LogP contribution in [0, 0.1) is 45.3 Å². The molecule has 0 radical (unpaired) electrons. The normalized spacial score (nSPS) is 48.6. The van der Waals surface area contributed by atoms with Crippen LogP contribution < -0.4 is 0 Å². The van der Waals surface area contributed by atoms with Crippen molar-refractivity contribution < 1.29 is 19.8 Å². The van der Waals surface area contributed by atoms with Crippen LogP contribution in [0.4, 0.5) is 0 Å². The van der Waals surface area contributed by atoms with Crippen molar-refractivity contribution >= 4 is 11.6 Å². The first-order valence-electron chi connectivity index (χ1n) is 13.2. The number of Topliss-reactive ketones (excluding diaryl/α,β-unsaturated/α-hetero) is 2. The van der Waals surface area contributed by atoms with E-state index in [2.05, 4.69) is 34.6 Å². The summed E-state index contributed by atoms with van der Waals surface area (Å²) in [6, 6.07) is 0. The fraction of sp³-hybridized carbons (Fsp3) is 0.862. The molecule has 0 bridgehead atoms. The summed E-state index contributed by atoms with van der Waals surface area (Å²) in [5.41, 5.74) is -1.43. The maximum Gasteiger partial charge on any atom is 0.138 e. The third kappa shape index (κ3) is 3.44. The van der Waals surface area contributed by atoms with Crippen LogP contribution in [0.2, 0.25) is 0 Å². The fourth-order valence-electron chi connectivity index (χ4n) is 10.0. The van der Waals surface area contributed by atoms with Gasteiger partial charge in [-0.2, -0.15) is 0 Å². The van der Waals surface area contributed by atoms with E-state index in [0.29, 0.717) is 30.5 Å². The summed E-state index contributed by atoms with van der Waals surface area (Å²) in [5.74, 6) is 1.46. The summed E-state index contributed by atoms with van der Waals surface area (Å²) >= 11 is 0. The highest BCUT2D eigenvalue weighted by molar-refractivity contribution is 5.85. The number of carbonyl (C=O) groups is 2. The standard InChI is InChI=1S/C29H46O4/c1-18(30)9-8-14-29(7,33)20-12-16-27(5)19(20)10-11-22-26(4)15-13-23(32)25(2,3)24(26)21(31)17-28(22,27)6/h8,14,19-22,24,31,33H,9-13,15-17H2,1-7H3/b14-8+/t19?,20-,21-,22?,24-,26+,27+,28+,29-/m0/s1. The molecule has 0 aromatic heterocycles. The van der Waals surface area contributed by atoms with Crippen LogP contribution in [0.25, 0.3) is 0 Å². The largest absolute Gasteiger partial charge is 0.393 e. The summed E-state index contributed by atoms with van der Waals surface area (Å²) in [5, 5.41) is 23.1. The van der Waals surface area contributed by atoms with Gasteiger partial charge in [0.25, 0.3) is 0 Å². The number of carbonyl (C=O) groups excluding carboxylic acids is 2. The van der Waals surface area contributed by atoms with Gasteiger partial charge in [-0.3, -0.25) is 9.59 Å². The molecule has 0 amide bonds. The number of aliphatic hydroxyl groups is 2. The molecule has 4 aliphatic carbocycles. The van der Waals surface area contributed by atoms with Gasteiger partial charge in [0.1, 0.15) is 11.6 Å². The summed E-state index contributed by atoms with van der Waals surface area (Å²) in [7, 11) is 0. The van der Waals surface area contributed by atoms with E-state index in [1.165, 1.54) is 0 Å². The van der Waals surface area contributed by atoms with E-state index in [0.717, 1.165) is 38.5 Å². The van der Waals surface area contributed by atoms with Crippen molar-refractivity contribution in [3.05, 3.63) is 12.2 Å². The molecule has 33 heavy (non-hydrogen) atoms. The molecule has 2 unspecified atom stereocenters. The number of aliphatic hydroxyl groups excluding tert-OH is 1. The molecule has 4 fully saturated rings. The molecule has 0 aromatic carbocycles. The molecule has 0 spiro atoms. The van der Waals surface area contributed by atoms with Crippen molar-refractivity contribution in [3.63, 3.8) is 0 Å².